The SMILES string of the molecule is Cc1cccc(C)c1C(=O)Nc1ccncc1Br. The van der Waals surface area contributed by atoms with Crippen LogP contribution in [0.25, 0.3) is 0 Å². The van der Waals surface area contributed by atoms with Gasteiger partial charge in [0.25, 0.3) is 5.91 Å². The molecule has 0 unspecified atom stereocenters. The van der Waals surface area contributed by atoms with Gasteiger partial charge in [0.2, 0.25) is 0 Å². The number of pyridine rings is 1. The van der Waals surface area contributed by atoms with Crippen molar-refractivity contribution in [1.82, 2.24) is 4.98 Å². The molecular weight excluding hydrogens is 292 g/mol. The molecule has 0 saturated carbocycles. The van der Waals surface area contributed by atoms with E-state index in [1.165, 1.54) is 0 Å². The van der Waals surface area contributed by atoms with E-state index < -0.39 is 0 Å². The molecule has 3 nitrogen and oxygen atoms in total. The number of amides is 1. The first-order valence-electron chi connectivity index (χ1n) is 5.56. The molecule has 0 radical (unpaired) electrons. The highest BCUT2D eigenvalue weighted by Gasteiger charge is 2.12. The number of benzene rings is 1. The third kappa shape index (κ3) is 2.59. The van der Waals surface area contributed by atoms with Crippen LogP contribution >= 0.6 is 15.9 Å². The zero-order valence-electron chi connectivity index (χ0n) is 10.2. The number of halogens is 1. The van der Waals surface area contributed by atoms with Crippen LogP contribution in [0.3, 0.4) is 0 Å². The van der Waals surface area contributed by atoms with E-state index in [1.54, 1.807) is 18.5 Å². The van der Waals surface area contributed by atoms with Crippen LogP contribution in [0.1, 0.15) is 21.5 Å². The minimum absolute atomic E-state index is 0.0995. The summed E-state index contributed by atoms with van der Waals surface area (Å²) in [5.74, 6) is -0.0995. The van der Waals surface area contributed by atoms with Gasteiger partial charge in [-0.1, -0.05) is 18.2 Å². The smallest absolute Gasteiger partial charge is 0.256 e. The minimum atomic E-state index is -0.0995. The molecule has 1 aromatic heterocycles. The molecule has 0 aliphatic rings. The van der Waals surface area contributed by atoms with Crippen molar-refractivity contribution in [2.45, 2.75) is 13.8 Å². The minimum Gasteiger partial charge on any atom is -0.321 e. The zero-order chi connectivity index (χ0) is 13.1. The van der Waals surface area contributed by atoms with Gasteiger partial charge in [-0.3, -0.25) is 9.78 Å². The standard InChI is InChI=1S/C14H13BrN2O/c1-9-4-3-5-10(2)13(9)14(18)17-12-6-7-16-8-11(12)15/h3-8H,1-2H3,(H,16,17,18). The number of carbonyl (C=O) groups excluding carboxylic acids is 1. The summed E-state index contributed by atoms with van der Waals surface area (Å²) in [6, 6.07) is 7.58. The van der Waals surface area contributed by atoms with Crippen LogP contribution in [0.15, 0.2) is 41.1 Å². The second-order valence-corrected chi connectivity index (χ2v) is 4.93. The highest BCUT2D eigenvalue weighted by Crippen LogP contribution is 2.22. The van der Waals surface area contributed by atoms with Crippen molar-refractivity contribution in [3.63, 3.8) is 0 Å². The molecule has 1 heterocycles. The Morgan fingerprint density at radius 2 is 1.89 bits per heavy atom. The van der Waals surface area contributed by atoms with E-state index >= 15 is 0 Å². The second kappa shape index (κ2) is 5.31. The van der Waals surface area contributed by atoms with Crippen LogP contribution in [-0.2, 0) is 0 Å². The average Bonchev–Trinajstić information content (AvgIpc) is 2.32. The molecule has 0 fully saturated rings. The first kappa shape index (κ1) is 12.8. The molecule has 0 saturated heterocycles. The Balaban J connectivity index is 2.31. The molecule has 0 spiro atoms. The molecule has 1 N–H and O–H groups in total. The normalized spacial score (nSPS) is 10.2. The quantitative estimate of drug-likeness (QED) is 0.919. The van der Waals surface area contributed by atoms with Crippen LogP contribution in [0, 0.1) is 13.8 Å². The predicted octanol–water partition coefficient (Wildman–Crippen LogP) is 3.71. The van der Waals surface area contributed by atoms with E-state index in [2.05, 4.69) is 26.2 Å². The lowest BCUT2D eigenvalue weighted by molar-refractivity contribution is 0.102. The molecule has 0 aliphatic heterocycles. The van der Waals surface area contributed by atoms with E-state index in [0.717, 1.165) is 26.9 Å². The number of anilines is 1. The van der Waals surface area contributed by atoms with Gasteiger partial charge in [0.05, 0.1) is 10.2 Å². The topological polar surface area (TPSA) is 42.0 Å². The van der Waals surface area contributed by atoms with Gasteiger partial charge in [-0.05, 0) is 47.0 Å². The Bertz CT molecular complexity index is 576. The van der Waals surface area contributed by atoms with Crippen molar-refractivity contribution in [2.24, 2.45) is 0 Å². The Morgan fingerprint density at radius 1 is 1.22 bits per heavy atom. The molecule has 92 valence electrons. The maximum atomic E-state index is 12.3. The van der Waals surface area contributed by atoms with Gasteiger partial charge in [-0.15, -0.1) is 0 Å². The summed E-state index contributed by atoms with van der Waals surface area (Å²) in [4.78, 5) is 16.2. The summed E-state index contributed by atoms with van der Waals surface area (Å²) in [5.41, 5.74) is 3.38. The van der Waals surface area contributed by atoms with Gasteiger partial charge in [-0.25, -0.2) is 0 Å². The van der Waals surface area contributed by atoms with Crippen LogP contribution < -0.4 is 5.32 Å². The number of hydrogen-bond acceptors (Lipinski definition) is 2. The Labute approximate surface area is 114 Å². The first-order chi connectivity index (χ1) is 8.59. The molecule has 4 heteroatoms. The van der Waals surface area contributed by atoms with Crippen LogP contribution in [0.5, 0.6) is 0 Å². The summed E-state index contributed by atoms with van der Waals surface area (Å²) < 4.78 is 0.768. The summed E-state index contributed by atoms with van der Waals surface area (Å²) in [6.45, 7) is 3.87. The van der Waals surface area contributed by atoms with Crippen molar-refractivity contribution in [1.29, 1.82) is 0 Å². The van der Waals surface area contributed by atoms with Gasteiger partial charge in [0.1, 0.15) is 0 Å². The van der Waals surface area contributed by atoms with Gasteiger partial charge < -0.3 is 5.32 Å². The Kier molecular flexibility index (Phi) is 3.77. The number of carbonyl (C=O) groups is 1. The molecule has 2 aromatic rings. The van der Waals surface area contributed by atoms with E-state index in [-0.39, 0.29) is 5.91 Å². The number of nitrogens with one attached hydrogen (secondary N) is 1. The predicted molar refractivity (Wildman–Crippen MR) is 75.8 cm³/mol. The Morgan fingerprint density at radius 3 is 2.50 bits per heavy atom. The van der Waals surface area contributed by atoms with Gasteiger partial charge >= 0.3 is 0 Å². The van der Waals surface area contributed by atoms with Crippen molar-refractivity contribution in [2.75, 3.05) is 5.32 Å². The van der Waals surface area contributed by atoms with Crippen molar-refractivity contribution in [3.8, 4) is 0 Å². The first-order valence-corrected chi connectivity index (χ1v) is 6.36. The molecule has 0 aliphatic carbocycles. The van der Waals surface area contributed by atoms with Gasteiger partial charge in [0.15, 0.2) is 0 Å². The summed E-state index contributed by atoms with van der Waals surface area (Å²) >= 11 is 3.36. The van der Waals surface area contributed by atoms with Crippen LogP contribution in [-0.4, -0.2) is 10.9 Å². The molecular formula is C14H13BrN2O. The molecule has 1 amide bonds. The number of nitrogens with zero attached hydrogens (tertiary/aromatic N) is 1. The van der Waals surface area contributed by atoms with Crippen LogP contribution in [0.4, 0.5) is 5.69 Å². The van der Waals surface area contributed by atoms with E-state index in [1.807, 2.05) is 32.0 Å². The fraction of sp³-hybridized carbons (Fsp3) is 0.143. The van der Waals surface area contributed by atoms with Crippen molar-refractivity contribution < 1.29 is 4.79 Å². The van der Waals surface area contributed by atoms with Crippen molar-refractivity contribution >= 4 is 27.5 Å². The van der Waals surface area contributed by atoms with Gasteiger partial charge in [0, 0.05) is 18.0 Å². The highest BCUT2D eigenvalue weighted by atomic mass is 79.9. The lowest BCUT2D eigenvalue weighted by Crippen LogP contribution is -2.15. The Hall–Kier alpha value is -1.68. The molecule has 1 aromatic carbocycles. The molecule has 18 heavy (non-hydrogen) atoms. The molecule has 2 rings (SSSR count). The number of rotatable bonds is 2. The lowest BCUT2D eigenvalue weighted by Gasteiger charge is -2.11. The fourth-order valence-corrected chi connectivity index (χ4v) is 2.18. The summed E-state index contributed by atoms with van der Waals surface area (Å²) in [7, 11) is 0. The number of aryl methyl sites for hydroxylation is 2. The largest absolute Gasteiger partial charge is 0.321 e. The van der Waals surface area contributed by atoms with E-state index in [4.69, 9.17) is 0 Å². The summed E-state index contributed by atoms with van der Waals surface area (Å²) in [5, 5.41) is 2.88. The highest BCUT2D eigenvalue weighted by molar-refractivity contribution is 9.10. The monoisotopic (exact) mass is 304 g/mol. The maximum Gasteiger partial charge on any atom is 0.256 e. The third-order valence-electron chi connectivity index (χ3n) is 2.73. The molecule has 0 atom stereocenters. The number of aromatic nitrogens is 1. The zero-order valence-corrected chi connectivity index (χ0v) is 11.8. The summed E-state index contributed by atoms with van der Waals surface area (Å²) in [6.07, 6.45) is 3.30. The van der Waals surface area contributed by atoms with Gasteiger partial charge in [-0.2, -0.15) is 0 Å². The fourth-order valence-electron chi connectivity index (χ4n) is 1.83. The van der Waals surface area contributed by atoms with E-state index in [9.17, 15) is 4.79 Å². The second-order valence-electron chi connectivity index (χ2n) is 4.08. The van der Waals surface area contributed by atoms with Crippen LogP contribution in [0.2, 0.25) is 0 Å². The average molecular weight is 305 g/mol. The lowest BCUT2D eigenvalue weighted by atomic mass is 10.0. The maximum absolute atomic E-state index is 12.3. The number of hydrogen-bond donors (Lipinski definition) is 1. The van der Waals surface area contributed by atoms with E-state index in [0.29, 0.717) is 0 Å². The molecule has 0 bridgehead atoms. The third-order valence-corrected chi connectivity index (χ3v) is 3.36. The van der Waals surface area contributed by atoms with Crippen molar-refractivity contribution in [3.05, 3.63) is 57.8 Å².